The zero-order valence-corrected chi connectivity index (χ0v) is 16.4. The monoisotopic (exact) mass is 443 g/mol. The van der Waals surface area contributed by atoms with Crippen LogP contribution in [0.25, 0.3) is 11.0 Å². The number of furan rings is 1. The van der Waals surface area contributed by atoms with Crippen LogP contribution in [0.1, 0.15) is 11.3 Å². The predicted molar refractivity (Wildman–Crippen MR) is 108 cm³/mol. The molecule has 164 valence electrons. The molecule has 1 N–H and O–H groups in total. The Bertz CT molecular complexity index is 1280. The van der Waals surface area contributed by atoms with Crippen LogP contribution < -0.4 is 14.8 Å². The van der Waals surface area contributed by atoms with E-state index in [0.29, 0.717) is 22.8 Å². The minimum Gasteiger partial charge on any atom is -0.485 e. The highest BCUT2D eigenvalue weighted by Crippen LogP contribution is 2.33. The molecule has 1 aliphatic rings. The van der Waals surface area contributed by atoms with Gasteiger partial charge in [-0.15, -0.1) is 0 Å². The maximum absolute atomic E-state index is 13.2. The van der Waals surface area contributed by atoms with Crippen LogP contribution in [0.3, 0.4) is 0 Å². The maximum Gasteiger partial charge on any atom is 0.416 e. The lowest BCUT2D eigenvalue weighted by atomic mass is 10.2. The van der Waals surface area contributed by atoms with Crippen molar-refractivity contribution < 1.29 is 31.9 Å². The second-order valence-electron chi connectivity index (χ2n) is 7.16. The third-order valence-electron chi connectivity index (χ3n) is 5.01. The fourth-order valence-electron chi connectivity index (χ4n) is 3.46. The summed E-state index contributed by atoms with van der Waals surface area (Å²) in [6, 6.07) is 13.6. The molecule has 0 fully saturated rings. The van der Waals surface area contributed by atoms with Crippen molar-refractivity contribution in [1.29, 1.82) is 0 Å². The SMILES string of the molecule is O=C(Nc1nc2cc(C(F)(F)F)ccc2n1Cc1ccco1)C1COc2ccccc2O1. The molecule has 5 rings (SSSR count). The second-order valence-corrected chi connectivity index (χ2v) is 7.16. The lowest BCUT2D eigenvalue weighted by molar-refractivity contribution is -0.137. The summed E-state index contributed by atoms with van der Waals surface area (Å²) < 4.78 is 57.7. The van der Waals surface area contributed by atoms with Crippen LogP contribution in [-0.2, 0) is 17.5 Å². The Labute approximate surface area is 179 Å². The Hall–Kier alpha value is -3.95. The van der Waals surface area contributed by atoms with Crippen molar-refractivity contribution in [3.05, 3.63) is 72.2 Å². The summed E-state index contributed by atoms with van der Waals surface area (Å²) in [4.78, 5) is 17.1. The minimum atomic E-state index is -4.51. The van der Waals surface area contributed by atoms with Crippen molar-refractivity contribution in [2.45, 2.75) is 18.8 Å². The Morgan fingerprint density at radius 2 is 1.94 bits per heavy atom. The summed E-state index contributed by atoms with van der Waals surface area (Å²) >= 11 is 0. The van der Waals surface area contributed by atoms with Crippen LogP contribution in [-0.4, -0.2) is 28.2 Å². The molecule has 0 aliphatic carbocycles. The first kappa shape index (κ1) is 20.0. The first-order chi connectivity index (χ1) is 15.4. The van der Waals surface area contributed by atoms with Gasteiger partial charge in [-0.1, -0.05) is 12.1 Å². The van der Waals surface area contributed by atoms with Crippen LogP contribution in [0.15, 0.2) is 65.3 Å². The molecule has 1 atom stereocenters. The van der Waals surface area contributed by atoms with Gasteiger partial charge < -0.3 is 18.5 Å². The first-order valence-electron chi connectivity index (χ1n) is 9.68. The van der Waals surface area contributed by atoms with Gasteiger partial charge in [0.15, 0.2) is 11.5 Å². The second kappa shape index (κ2) is 7.63. The number of nitrogens with one attached hydrogen (secondary N) is 1. The lowest BCUT2D eigenvalue weighted by Gasteiger charge is -2.25. The molecule has 32 heavy (non-hydrogen) atoms. The number of amides is 1. The average Bonchev–Trinajstić information content (AvgIpc) is 3.41. The van der Waals surface area contributed by atoms with Gasteiger partial charge in [0.05, 0.1) is 29.4 Å². The number of ether oxygens (including phenoxy) is 2. The highest BCUT2D eigenvalue weighted by molar-refractivity contribution is 5.95. The van der Waals surface area contributed by atoms with E-state index in [-0.39, 0.29) is 24.6 Å². The topological polar surface area (TPSA) is 78.5 Å². The maximum atomic E-state index is 13.2. The van der Waals surface area contributed by atoms with Gasteiger partial charge in [-0.05, 0) is 42.5 Å². The minimum absolute atomic E-state index is 0.0144. The number of para-hydroxylation sites is 2. The smallest absolute Gasteiger partial charge is 0.416 e. The molecule has 7 nitrogen and oxygen atoms in total. The van der Waals surface area contributed by atoms with Crippen LogP contribution in [0.4, 0.5) is 19.1 Å². The van der Waals surface area contributed by atoms with Gasteiger partial charge >= 0.3 is 6.18 Å². The van der Waals surface area contributed by atoms with Crippen LogP contribution in [0.5, 0.6) is 11.5 Å². The molecule has 0 saturated heterocycles. The van der Waals surface area contributed by atoms with E-state index in [1.807, 2.05) is 0 Å². The number of alkyl halides is 3. The molecule has 1 unspecified atom stereocenters. The number of imidazole rings is 1. The highest BCUT2D eigenvalue weighted by Gasteiger charge is 2.32. The zero-order valence-electron chi connectivity index (χ0n) is 16.4. The van der Waals surface area contributed by atoms with Crippen molar-refractivity contribution in [1.82, 2.24) is 9.55 Å². The number of halogens is 3. The predicted octanol–water partition coefficient (Wildman–Crippen LogP) is 4.47. The molecule has 0 radical (unpaired) electrons. The molecule has 2 aromatic heterocycles. The number of fused-ring (bicyclic) bond motifs is 2. The largest absolute Gasteiger partial charge is 0.485 e. The number of aromatic nitrogens is 2. The van der Waals surface area contributed by atoms with Crippen LogP contribution in [0, 0.1) is 0 Å². The molecular weight excluding hydrogens is 427 g/mol. The van der Waals surface area contributed by atoms with E-state index in [4.69, 9.17) is 13.9 Å². The normalized spacial score (nSPS) is 15.7. The number of carbonyl (C=O) groups excluding carboxylic acids is 1. The molecule has 3 heterocycles. The van der Waals surface area contributed by atoms with Gasteiger partial charge in [0, 0.05) is 0 Å². The first-order valence-corrected chi connectivity index (χ1v) is 9.68. The van der Waals surface area contributed by atoms with Crippen molar-refractivity contribution in [3.63, 3.8) is 0 Å². The van der Waals surface area contributed by atoms with E-state index in [1.165, 1.54) is 12.3 Å². The number of benzene rings is 2. The standard InChI is InChI=1S/C22H16F3N3O4/c23-22(24,25)13-7-8-16-15(10-13)26-21(28(16)11-14-4-3-9-30-14)27-20(29)19-12-31-17-5-1-2-6-18(17)32-19/h1-10,19H,11-12H2,(H,26,27,29). The zero-order chi connectivity index (χ0) is 22.3. The van der Waals surface area contributed by atoms with Crippen molar-refractivity contribution in [2.24, 2.45) is 0 Å². The fourth-order valence-corrected chi connectivity index (χ4v) is 3.46. The van der Waals surface area contributed by atoms with E-state index in [9.17, 15) is 18.0 Å². The molecule has 0 saturated carbocycles. The Morgan fingerprint density at radius 3 is 2.69 bits per heavy atom. The molecular formula is C22H16F3N3O4. The van der Waals surface area contributed by atoms with E-state index in [2.05, 4.69) is 10.3 Å². The molecule has 0 bridgehead atoms. The number of hydrogen-bond donors (Lipinski definition) is 1. The fraction of sp³-hybridized carbons (Fsp3) is 0.182. The molecule has 1 aliphatic heterocycles. The molecule has 4 aromatic rings. The van der Waals surface area contributed by atoms with E-state index in [0.717, 1.165) is 12.1 Å². The number of hydrogen-bond acceptors (Lipinski definition) is 5. The van der Waals surface area contributed by atoms with E-state index < -0.39 is 23.8 Å². The van der Waals surface area contributed by atoms with Gasteiger partial charge in [-0.3, -0.25) is 10.1 Å². The summed E-state index contributed by atoms with van der Waals surface area (Å²) in [5, 5.41) is 2.66. The van der Waals surface area contributed by atoms with Crippen molar-refractivity contribution in [2.75, 3.05) is 11.9 Å². The number of rotatable bonds is 4. The summed E-state index contributed by atoms with van der Waals surface area (Å²) in [7, 11) is 0. The third-order valence-corrected chi connectivity index (χ3v) is 5.01. The highest BCUT2D eigenvalue weighted by atomic mass is 19.4. The van der Waals surface area contributed by atoms with Gasteiger partial charge in [-0.2, -0.15) is 13.2 Å². The Balaban J connectivity index is 1.47. The Morgan fingerprint density at radius 1 is 1.12 bits per heavy atom. The number of carbonyl (C=O) groups is 1. The summed E-state index contributed by atoms with van der Waals surface area (Å²) in [6.07, 6.45) is -3.98. The number of anilines is 1. The molecule has 2 aromatic carbocycles. The number of nitrogens with zero attached hydrogens (tertiary/aromatic N) is 2. The quantitative estimate of drug-likeness (QED) is 0.503. The summed E-state index contributed by atoms with van der Waals surface area (Å²) in [6.45, 7) is 0.148. The van der Waals surface area contributed by atoms with Crippen LogP contribution in [0.2, 0.25) is 0 Å². The molecule has 0 spiro atoms. The van der Waals surface area contributed by atoms with Gasteiger partial charge in [0.1, 0.15) is 12.4 Å². The molecule has 10 heteroatoms. The lowest BCUT2D eigenvalue weighted by Crippen LogP contribution is -2.40. The summed E-state index contributed by atoms with van der Waals surface area (Å²) in [5.41, 5.74) is -0.324. The summed E-state index contributed by atoms with van der Waals surface area (Å²) in [5.74, 6) is 1.04. The van der Waals surface area contributed by atoms with Crippen molar-refractivity contribution >= 4 is 22.9 Å². The Kier molecular flexibility index (Phi) is 4.76. The third kappa shape index (κ3) is 3.75. The van der Waals surface area contributed by atoms with E-state index in [1.54, 1.807) is 41.0 Å². The average molecular weight is 443 g/mol. The van der Waals surface area contributed by atoms with Gasteiger partial charge in [0.25, 0.3) is 5.91 Å². The van der Waals surface area contributed by atoms with Gasteiger partial charge in [-0.25, -0.2) is 4.98 Å². The van der Waals surface area contributed by atoms with E-state index >= 15 is 0 Å². The van der Waals surface area contributed by atoms with Crippen LogP contribution >= 0.6 is 0 Å². The van der Waals surface area contributed by atoms with Crippen molar-refractivity contribution in [3.8, 4) is 11.5 Å². The van der Waals surface area contributed by atoms with Gasteiger partial charge in [0.2, 0.25) is 12.1 Å². The molecule has 1 amide bonds.